The number of aromatic nitrogens is 2. The molecule has 18 heavy (non-hydrogen) atoms. The lowest BCUT2D eigenvalue weighted by Crippen LogP contribution is -2.33. The highest BCUT2D eigenvalue weighted by Gasteiger charge is 2.19. The average molecular weight is 245 g/mol. The Balaban J connectivity index is 2.17. The highest BCUT2D eigenvalue weighted by Crippen LogP contribution is 2.17. The summed E-state index contributed by atoms with van der Waals surface area (Å²) < 4.78 is 0. The minimum atomic E-state index is -0.659. The fourth-order valence-corrected chi connectivity index (χ4v) is 1.80. The van der Waals surface area contributed by atoms with Gasteiger partial charge in [0.1, 0.15) is 5.75 Å². The van der Waals surface area contributed by atoms with Crippen molar-refractivity contribution < 1.29 is 9.90 Å². The Morgan fingerprint density at radius 1 is 1.56 bits per heavy atom. The van der Waals surface area contributed by atoms with Gasteiger partial charge in [0, 0.05) is 18.2 Å². The van der Waals surface area contributed by atoms with E-state index in [1.165, 1.54) is 6.07 Å². The van der Waals surface area contributed by atoms with E-state index < -0.39 is 6.04 Å². The van der Waals surface area contributed by atoms with Crippen LogP contribution in [0.5, 0.6) is 5.75 Å². The van der Waals surface area contributed by atoms with E-state index in [1.54, 1.807) is 24.7 Å². The van der Waals surface area contributed by atoms with Gasteiger partial charge in [0.15, 0.2) is 5.78 Å². The standard InChI is InChI=1S/C13H15N3O2/c1-8-2-3-10(17)5-11(8)13(18)12(14)4-9-6-15-7-16-9/h2-3,5-7,12,17H,4,14H2,1H3,(H,15,16)/t12-/m0/s1. The summed E-state index contributed by atoms with van der Waals surface area (Å²) in [5.41, 5.74) is 7.88. The molecule has 1 aromatic heterocycles. The van der Waals surface area contributed by atoms with Crippen LogP contribution in [0, 0.1) is 6.92 Å². The number of carbonyl (C=O) groups is 1. The maximum atomic E-state index is 12.2. The second kappa shape index (κ2) is 5.01. The number of hydrogen-bond donors (Lipinski definition) is 3. The summed E-state index contributed by atoms with van der Waals surface area (Å²) in [5.74, 6) is -0.123. The molecule has 0 fully saturated rings. The number of nitrogens with zero attached hydrogens (tertiary/aromatic N) is 1. The number of imidazole rings is 1. The van der Waals surface area contributed by atoms with E-state index in [0.717, 1.165) is 11.3 Å². The van der Waals surface area contributed by atoms with Gasteiger partial charge in [0.25, 0.3) is 0 Å². The lowest BCUT2D eigenvalue weighted by Gasteiger charge is -2.11. The Kier molecular flexibility index (Phi) is 3.43. The van der Waals surface area contributed by atoms with Crippen molar-refractivity contribution in [2.75, 3.05) is 0 Å². The minimum absolute atomic E-state index is 0.0657. The maximum Gasteiger partial charge on any atom is 0.180 e. The van der Waals surface area contributed by atoms with Gasteiger partial charge < -0.3 is 15.8 Å². The summed E-state index contributed by atoms with van der Waals surface area (Å²) in [6.07, 6.45) is 3.63. The second-order valence-corrected chi connectivity index (χ2v) is 4.23. The number of hydrogen-bond acceptors (Lipinski definition) is 4. The Bertz CT molecular complexity index is 549. The molecule has 0 unspecified atom stereocenters. The van der Waals surface area contributed by atoms with E-state index in [9.17, 15) is 9.90 Å². The molecule has 1 aromatic carbocycles. The zero-order valence-electron chi connectivity index (χ0n) is 10.1. The number of nitrogens with two attached hydrogens (primary N) is 1. The van der Waals surface area contributed by atoms with Crippen LogP contribution in [0.2, 0.25) is 0 Å². The maximum absolute atomic E-state index is 12.2. The van der Waals surface area contributed by atoms with Crippen molar-refractivity contribution in [1.82, 2.24) is 9.97 Å². The molecule has 1 atom stereocenters. The average Bonchev–Trinajstić information content (AvgIpc) is 2.84. The van der Waals surface area contributed by atoms with Crippen molar-refractivity contribution in [1.29, 1.82) is 0 Å². The van der Waals surface area contributed by atoms with Gasteiger partial charge in [-0.15, -0.1) is 0 Å². The zero-order valence-corrected chi connectivity index (χ0v) is 10.1. The number of aromatic amines is 1. The summed E-state index contributed by atoms with van der Waals surface area (Å²) >= 11 is 0. The number of carbonyl (C=O) groups excluding carboxylic acids is 1. The molecule has 2 aromatic rings. The number of Topliss-reactive ketones (excluding diaryl/α,β-unsaturated/α-hetero) is 1. The Morgan fingerprint density at radius 2 is 2.33 bits per heavy atom. The minimum Gasteiger partial charge on any atom is -0.508 e. The number of H-pyrrole nitrogens is 1. The predicted molar refractivity (Wildman–Crippen MR) is 67.4 cm³/mol. The molecule has 0 aliphatic carbocycles. The van der Waals surface area contributed by atoms with Gasteiger partial charge in [-0.1, -0.05) is 6.07 Å². The molecule has 0 radical (unpaired) electrons. The van der Waals surface area contributed by atoms with Crippen LogP contribution in [-0.4, -0.2) is 26.9 Å². The SMILES string of the molecule is Cc1ccc(O)cc1C(=O)[C@@H](N)Cc1c[nH]cn1. The van der Waals surface area contributed by atoms with E-state index in [-0.39, 0.29) is 11.5 Å². The number of ketones is 1. The molecule has 0 spiro atoms. The van der Waals surface area contributed by atoms with Gasteiger partial charge in [-0.25, -0.2) is 4.98 Å². The number of phenolic OH excluding ortho intramolecular Hbond substituents is 1. The van der Waals surface area contributed by atoms with E-state index in [2.05, 4.69) is 9.97 Å². The molecular formula is C13H15N3O2. The molecular weight excluding hydrogens is 230 g/mol. The van der Waals surface area contributed by atoms with Gasteiger partial charge in [0.2, 0.25) is 0 Å². The van der Waals surface area contributed by atoms with Gasteiger partial charge in [-0.2, -0.15) is 0 Å². The Morgan fingerprint density at radius 3 is 3.00 bits per heavy atom. The van der Waals surface area contributed by atoms with Crippen LogP contribution in [-0.2, 0) is 6.42 Å². The number of aryl methyl sites for hydroxylation is 1. The molecule has 0 saturated carbocycles. The third-order valence-corrected chi connectivity index (χ3v) is 2.81. The van der Waals surface area contributed by atoms with Crippen molar-refractivity contribution in [3.63, 3.8) is 0 Å². The van der Waals surface area contributed by atoms with Gasteiger partial charge in [0.05, 0.1) is 18.1 Å². The summed E-state index contributed by atoms with van der Waals surface area (Å²) in [6.45, 7) is 1.81. The van der Waals surface area contributed by atoms with Crippen molar-refractivity contribution in [2.45, 2.75) is 19.4 Å². The molecule has 94 valence electrons. The van der Waals surface area contributed by atoms with E-state index in [1.807, 2.05) is 6.92 Å². The van der Waals surface area contributed by atoms with Crippen LogP contribution >= 0.6 is 0 Å². The van der Waals surface area contributed by atoms with Crippen LogP contribution in [0.25, 0.3) is 0 Å². The van der Waals surface area contributed by atoms with Crippen molar-refractivity contribution >= 4 is 5.78 Å². The molecule has 5 nitrogen and oxygen atoms in total. The molecule has 0 saturated heterocycles. The molecule has 0 bridgehead atoms. The number of nitrogens with one attached hydrogen (secondary N) is 1. The van der Waals surface area contributed by atoms with Crippen LogP contribution in [0.4, 0.5) is 0 Å². The molecule has 0 aliphatic rings. The number of aromatic hydroxyl groups is 1. The Hall–Kier alpha value is -2.14. The van der Waals surface area contributed by atoms with E-state index >= 15 is 0 Å². The zero-order chi connectivity index (χ0) is 13.1. The predicted octanol–water partition coefficient (Wildman–Crippen LogP) is 1.18. The van der Waals surface area contributed by atoms with Crippen LogP contribution in [0.3, 0.4) is 0 Å². The van der Waals surface area contributed by atoms with Crippen molar-refractivity contribution in [3.05, 3.63) is 47.5 Å². The molecule has 2 rings (SSSR count). The first-order valence-electron chi connectivity index (χ1n) is 5.65. The molecule has 4 N–H and O–H groups in total. The fourth-order valence-electron chi connectivity index (χ4n) is 1.80. The quantitative estimate of drug-likeness (QED) is 0.705. The van der Waals surface area contributed by atoms with Crippen LogP contribution in [0.1, 0.15) is 21.6 Å². The van der Waals surface area contributed by atoms with Gasteiger partial charge >= 0.3 is 0 Å². The number of benzene rings is 1. The summed E-state index contributed by atoms with van der Waals surface area (Å²) in [6, 6.07) is 4.03. The lowest BCUT2D eigenvalue weighted by atomic mass is 9.97. The van der Waals surface area contributed by atoms with E-state index in [0.29, 0.717) is 12.0 Å². The lowest BCUT2D eigenvalue weighted by molar-refractivity contribution is 0.0959. The van der Waals surface area contributed by atoms with Crippen LogP contribution in [0.15, 0.2) is 30.7 Å². The molecule has 0 aliphatic heterocycles. The third-order valence-electron chi connectivity index (χ3n) is 2.81. The van der Waals surface area contributed by atoms with Crippen LogP contribution < -0.4 is 5.73 Å². The first kappa shape index (κ1) is 12.3. The third kappa shape index (κ3) is 2.57. The fraction of sp³-hybridized carbons (Fsp3) is 0.231. The summed E-state index contributed by atoms with van der Waals surface area (Å²) in [4.78, 5) is 19.0. The highest BCUT2D eigenvalue weighted by atomic mass is 16.3. The largest absolute Gasteiger partial charge is 0.508 e. The second-order valence-electron chi connectivity index (χ2n) is 4.23. The highest BCUT2D eigenvalue weighted by molar-refractivity contribution is 6.01. The Labute approximate surface area is 105 Å². The normalized spacial score (nSPS) is 12.3. The summed E-state index contributed by atoms with van der Waals surface area (Å²) in [7, 11) is 0. The topological polar surface area (TPSA) is 92.0 Å². The first-order valence-corrected chi connectivity index (χ1v) is 5.65. The molecule has 1 heterocycles. The molecule has 5 heteroatoms. The molecule has 0 amide bonds. The monoisotopic (exact) mass is 245 g/mol. The van der Waals surface area contributed by atoms with Gasteiger partial charge in [-0.05, 0) is 24.6 Å². The van der Waals surface area contributed by atoms with Crippen molar-refractivity contribution in [3.8, 4) is 5.75 Å². The van der Waals surface area contributed by atoms with E-state index in [4.69, 9.17) is 5.73 Å². The van der Waals surface area contributed by atoms with Gasteiger partial charge in [-0.3, -0.25) is 4.79 Å². The number of rotatable bonds is 4. The first-order chi connectivity index (χ1) is 8.58. The van der Waals surface area contributed by atoms with Crippen molar-refractivity contribution in [2.24, 2.45) is 5.73 Å². The number of phenols is 1. The summed E-state index contributed by atoms with van der Waals surface area (Å²) in [5, 5.41) is 9.41. The smallest absolute Gasteiger partial charge is 0.180 e.